The van der Waals surface area contributed by atoms with E-state index in [2.05, 4.69) is 0 Å². The molecule has 0 saturated heterocycles. The van der Waals surface area contributed by atoms with Crippen LogP contribution in [0, 0.1) is 0 Å². The molecular formula is C11H8F3N3O2. The van der Waals surface area contributed by atoms with E-state index in [0.717, 1.165) is 28.8 Å². The lowest BCUT2D eigenvalue weighted by molar-refractivity contribution is -0.137. The van der Waals surface area contributed by atoms with E-state index in [1.54, 1.807) is 0 Å². The fraction of sp³-hybridized carbons (Fsp3) is 0.0909. The quantitative estimate of drug-likeness (QED) is 0.815. The predicted molar refractivity (Wildman–Crippen MR) is 62.1 cm³/mol. The molecule has 3 N–H and O–H groups in total. The summed E-state index contributed by atoms with van der Waals surface area (Å²) < 4.78 is 38.5. The Labute approximate surface area is 104 Å². The molecule has 0 spiro atoms. The number of halogens is 3. The number of aromatic amines is 1. The Morgan fingerprint density at radius 3 is 2.42 bits per heavy atom. The van der Waals surface area contributed by atoms with Crippen molar-refractivity contribution in [2.75, 3.05) is 5.73 Å². The molecule has 0 aliphatic heterocycles. The number of H-pyrrole nitrogens is 1. The lowest BCUT2D eigenvalue weighted by atomic mass is 10.2. The van der Waals surface area contributed by atoms with Gasteiger partial charge in [0.2, 0.25) is 0 Å². The van der Waals surface area contributed by atoms with E-state index in [9.17, 15) is 22.8 Å². The topological polar surface area (TPSA) is 80.9 Å². The average molecular weight is 271 g/mol. The van der Waals surface area contributed by atoms with Crippen molar-refractivity contribution in [1.29, 1.82) is 0 Å². The fourth-order valence-electron chi connectivity index (χ4n) is 1.60. The fourth-order valence-corrected chi connectivity index (χ4v) is 1.60. The molecular weight excluding hydrogens is 263 g/mol. The maximum Gasteiger partial charge on any atom is 0.416 e. The Bertz CT molecular complexity index is 731. The first kappa shape index (κ1) is 12.9. The smallest absolute Gasteiger partial charge is 0.385 e. The molecule has 100 valence electrons. The van der Waals surface area contributed by atoms with Crippen LogP contribution in [0.25, 0.3) is 5.69 Å². The van der Waals surface area contributed by atoms with Gasteiger partial charge in [-0.05, 0) is 18.2 Å². The molecule has 1 aromatic carbocycles. The second-order valence-corrected chi connectivity index (χ2v) is 3.75. The molecule has 0 amide bonds. The zero-order valence-corrected chi connectivity index (χ0v) is 9.36. The molecule has 1 heterocycles. The van der Waals surface area contributed by atoms with Gasteiger partial charge in [-0.1, -0.05) is 6.07 Å². The molecule has 0 aliphatic rings. The number of anilines is 1. The molecule has 0 aliphatic carbocycles. The average Bonchev–Trinajstić information content (AvgIpc) is 2.26. The van der Waals surface area contributed by atoms with Gasteiger partial charge in [0.15, 0.2) is 0 Å². The van der Waals surface area contributed by atoms with Crippen LogP contribution in [0.15, 0.2) is 39.9 Å². The summed E-state index contributed by atoms with van der Waals surface area (Å²) in [5.41, 5.74) is 2.87. The van der Waals surface area contributed by atoms with E-state index >= 15 is 0 Å². The maximum atomic E-state index is 12.6. The molecule has 0 bridgehead atoms. The molecule has 19 heavy (non-hydrogen) atoms. The van der Waals surface area contributed by atoms with Crippen molar-refractivity contribution in [3.63, 3.8) is 0 Å². The molecule has 0 unspecified atom stereocenters. The van der Waals surface area contributed by atoms with Gasteiger partial charge in [-0.3, -0.25) is 9.78 Å². The van der Waals surface area contributed by atoms with Crippen molar-refractivity contribution in [2.45, 2.75) is 6.18 Å². The first-order valence-corrected chi connectivity index (χ1v) is 5.08. The van der Waals surface area contributed by atoms with Crippen LogP contribution in [0.1, 0.15) is 5.56 Å². The second-order valence-electron chi connectivity index (χ2n) is 3.75. The highest BCUT2D eigenvalue weighted by molar-refractivity contribution is 5.44. The number of alkyl halides is 3. The standard InChI is InChI=1S/C11H8F3N3O2/c12-11(13,14)6-2-1-3-7(4-6)17-8(15)5-9(18)16-10(17)19/h1-5H,15H2,(H,16,18,19). The molecule has 8 heteroatoms. The van der Waals surface area contributed by atoms with E-state index in [1.165, 1.54) is 6.07 Å². The summed E-state index contributed by atoms with van der Waals surface area (Å²) in [5.74, 6) is -0.243. The number of nitrogens with two attached hydrogens (primary N) is 1. The Hall–Kier alpha value is -2.51. The second kappa shape index (κ2) is 4.30. The minimum atomic E-state index is -4.53. The van der Waals surface area contributed by atoms with Crippen LogP contribution in [0.3, 0.4) is 0 Å². The summed E-state index contributed by atoms with van der Waals surface area (Å²) in [4.78, 5) is 24.5. The van der Waals surface area contributed by atoms with E-state index in [0.29, 0.717) is 0 Å². The van der Waals surface area contributed by atoms with Crippen LogP contribution in [-0.4, -0.2) is 9.55 Å². The van der Waals surface area contributed by atoms with Gasteiger partial charge in [0, 0.05) is 6.07 Å². The van der Waals surface area contributed by atoms with Crippen LogP contribution < -0.4 is 17.0 Å². The van der Waals surface area contributed by atoms with Gasteiger partial charge in [0.05, 0.1) is 11.3 Å². The highest BCUT2D eigenvalue weighted by Gasteiger charge is 2.30. The minimum Gasteiger partial charge on any atom is -0.385 e. The van der Waals surface area contributed by atoms with Crippen LogP contribution in [0.5, 0.6) is 0 Å². The first-order valence-electron chi connectivity index (χ1n) is 5.08. The molecule has 1 aromatic heterocycles. The Morgan fingerprint density at radius 2 is 1.84 bits per heavy atom. The normalized spacial score (nSPS) is 11.5. The molecule has 0 saturated carbocycles. The molecule has 0 radical (unpaired) electrons. The third-order valence-corrected chi connectivity index (χ3v) is 2.40. The van der Waals surface area contributed by atoms with Crippen molar-refractivity contribution in [1.82, 2.24) is 9.55 Å². The van der Waals surface area contributed by atoms with Gasteiger partial charge in [0.25, 0.3) is 5.56 Å². The van der Waals surface area contributed by atoms with E-state index in [4.69, 9.17) is 5.73 Å². The van der Waals surface area contributed by atoms with Gasteiger partial charge in [0.1, 0.15) is 5.82 Å². The van der Waals surface area contributed by atoms with Gasteiger partial charge in [-0.15, -0.1) is 0 Å². The third kappa shape index (κ3) is 2.51. The molecule has 2 aromatic rings. The summed E-state index contributed by atoms with van der Waals surface area (Å²) in [7, 11) is 0. The largest absolute Gasteiger partial charge is 0.416 e. The monoisotopic (exact) mass is 271 g/mol. The van der Waals surface area contributed by atoms with Crippen molar-refractivity contribution >= 4 is 5.82 Å². The highest BCUT2D eigenvalue weighted by Crippen LogP contribution is 2.30. The Kier molecular flexibility index (Phi) is 2.93. The summed E-state index contributed by atoms with van der Waals surface area (Å²) in [6.45, 7) is 0. The Balaban J connectivity index is 2.67. The molecule has 0 fully saturated rings. The molecule has 0 atom stereocenters. The zero-order chi connectivity index (χ0) is 14.2. The number of nitrogen functional groups attached to an aromatic ring is 1. The summed E-state index contributed by atoms with van der Waals surface area (Å²) in [6, 6.07) is 4.99. The summed E-state index contributed by atoms with van der Waals surface area (Å²) in [6.07, 6.45) is -4.53. The van der Waals surface area contributed by atoms with Crippen LogP contribution in [0.4, 0.5) is 19.0 Å². The van der Waals surface area contributed by atoms with Gasteiger partial charge in [-0.2, -0.15) is 13.2 Å². The van der Waals surface area contributed by atoms with Crippen LogP contribution >= 0.6 is 0 Å². The SMILES string of the molecule is Nc1cc(=O)[nH]c(=O)n1-c1cccc(C(F)(F)F)c1. The lowest BCUT2D eigenvalue weighted by Gasteiger charge is -2.11. The predicted octanol–water partition coefficient (Wildman–Crippen LogP) is 1.13. The molecule has 5 nitrogen and oxygen atoms in total. The number of nitrogens with one attached hydrogen (secondary N) is 1. The molecule has 2 rings (SSSR count). The zero-order valence-electron chi connectivity index (χ0n) is 9.36. The number of nitrogens with zero attached hydrogens (tertiary/aromatic N) is 1. The maximum absolute atomic E-state index is 12.6. The summed E-state index contributed by atoms with van der Waals surface area (Å²) >= 11 is 0. The summed E-state index contributed by atoms with van der Waals surface area (Å²) in [5, 5.41) is 0. The number of benzene rings is 1. The number of aromatic nitrogens is 2. The van der Waals surface area contributed by atoms with Crippen molar-refractivity contribution in [2.24, 2.45) is 0 Å². The van der Waals surface area contributed by atoms with E-state index in [1.807, 2.05) is 4.98 Å². The van der Waals surface area contributed by atoms with Gasteiger partial charge >= 0.3 is 11.9 Å². The van der Waals surface area contributed by atoms with E-state index in [-0.39, 0.29) is 11.5 Å². The number of rotatable bonds is 1. The first-order chi connectivity index (χ1) is 8.79. The number of hydrogen-bond acceptors (Lipinski definition) is 3. The van der Waals surface area contributed by atoms with Crippen molar-refractivity contribution in [3.8, 4) is 5.69 Å². The van der Waals surface area contributed by atoms with Crippen LogP contribution in [0.2, 0.25) is 0 Å². The minimum absolute atomic E-state index is 0.0754. The van der Waals surface area contributed by atoms with Gasteiger partial charge < -0.3 is 5.73 Å². The van der Waals surface area contributed by atoms with Crippen molar-refractivity contribution in [3.05, 3.63) is 56.7 Å². The van der Waals surface area contributed by atoms with Gasteiger partial charge in [-0.25, -0.2) is 9.36 Å². The third-order valence-electron chi connectivity index (χ3n) is 2.40. The van der Waals surface area contributed by atoms with Crippen molar-refractivity contribution < 1.29 is 13.2 Å². The highest BCUT2D eigenvalue weighted by atomic mass is 19.4. The lowest BCUT2D eigenvalue weighted by Crippen LogP contribution is -2.30. The van der Waals surface area contributed by atoms with Crippen LogP contribution in [-0.2, 0) is 6.18 Å². The Morgan fingerprint density at radius 1 is 1.16 bits per heavy atom. The number of hydrogen-bond donors (Lipinski definition) is 2. The van der Waals surface area contributed by atoms with E-state index < -0.39 is 23.0 Å².